The quantitative estimate of drug-likeness (QED) is 0.120. The minimum atomic E-state index is -0.669. The molecule has 5 nitrogen and oxygen atoms in total. The number of Topliss-reactive ketones (excluding diaryl/α,β-unsaturated/α-hetero) is 1. The van der Waals surface area contributed by atoms with Crippen molar-refractivity contribution < 1.29 is 23.8 Å². The van der Waals surface area contributed by atoms with Crippen molar-refractivity contribution in [1.82, 2.24) is 0 Å². The molecule has 1 aliphatic rings. The van der Waals surface area contributed by atoms with E-state index in [4.69, 9.17) is 14.2 Å². The molecule has 0 spiro atoms. The van der Waals surface area contributed by atoms with E-state index >= 15 is 0 Å². The maximum Gasteiger partial charge on any atom is 0.313 e. The van der Waals surface area contributed by atoms with E-state index in [-0.39, 0.29) is 24.7 Å². The normalized spacial score (nSPS) is 17.9. The van der Waals surface area contributed by atoms with Gasteiger partial charge in [-0.25, -0.2) is 0 Å². The SMILES string of the molecule is Cc1c(C)c2c(c(C)c1OCc1ccccc1)CC[C@@](C)(CC(=O)CC(=O)O[C@H](C)/C=C/C[C@H](C)CCCC(C)C)O2. The molecule has 2 aromatic carbocycles. The lowest BCUT2D eigenvalue weighted by molar-refractivity contribution is -0.148. The Labute approximate surface area is 254 Å². The molecular weight excluding hydrogens is 524 g/mol. The predicted octanol–water partition coefficient (Wildman–Crippen LogP) is 8.96. The maximum atomic E-state index is 12.9. The van der Waals surface area contributed by atoms with Gasteiger partial charge in [-0.05, 0) is 94.0 Å². The lowest BCUT2D eigenvalue weighted by Gasteiger charge is -2.38. The van der Waals surface area contributed by atoms with Gasteiger partial charge in [-0.1, -0.05) is 76.4 Å². The number of hydrogen-bond donors (Lipinski definition) is 0. The van der Waals surface area contributed by atoms with Crippen LogP contribution in [0.15, 0.2) is 42.5 Å². The molecule has 3 rings (SSSR count). The van der Waals surface area contributed by atoms with Gasteiger partial charge in [-0.3, -0.25) is 9.59 Å². The average molecular weight is 577 g/mol. The molecular formula is C37H52O5. The van der Waals surface area contributed by atoms with E-state index in [1.165, 1.54) is 19.3 Å². The van der Waals surface area contributed by atoms with Crippen LogP contribution in [0.1, 0.15) is 107 Å². The van der Waals surface area contributed by atoms with Gasteiger partial charge in [0.1, 0.15) is 42.0 Å². The monoisotopic (exact) mass is 576 g/mol. The summed E-state index contributed by atoms with van der Waals surface area (Å²) >= 11 is 0. The number of ketones is 1. The number of allylic oxidation sites excluding steroid dienone is 1. The number of fused-ring (bicyclic) bond motifs is 1. The van der Waals surface area contributed by atoms with Gasteiger partial charge in [0.2, 0.25) is 0 Å². The van der Waals surface area contributed by atoms with Crippen LogP contribution in [0.4, 0.5) is 0 Å². The van der Waals surface area contributed by atoms with E-state index in [1.807, 2.05) is 38.1 Å². The molecule has 2 aromatic rings. The van der Waals surface area contributed by atoms with Crippen LogP contribution in [0.2, 0.25) is 0 Å². The number of esters is 1. The van der Waals surface area contributed by atoms with Gasteiger partial charge in [0.25, 0.3) is 0 Å². The second-order valence-corrected chi connectivity index (χ2v) is 13.0. The molecule has 0 saturated carbocycles. The molecule has 0 amide bonds. The van der Waals surface area contributed by atoms with Gasteiger partial charge < -0.3 is 14.2 Å². The molecule has 0 radical (unpaired) electrons. The van der Waals surface area contributed by atoms with Gasteiger partial charge in [0.15, 0.2) is 0 Å². The molecule has 42 heavy (non-hydrogen) atoms. The van der Waals surface area contributed by atoms with Gasteiger partial charge in [0.05, 0.1) is 0 Å². The Morgan fingerprint density at radius 2 is 1.71 bits per heavy atom. The van der Waals surface area contributed by atoms with E-state index in [0.717, 1.165) is 58.1 Å². The lowest BCUT2D eigenvalue weighted by Crippen LogP contribution is -2.39. The molecule has 0 aromatic heterocycles. The van der Waals surface area contributed by atoms with Crippen LogP contribution in [0.25, 0.3) is 0 Å². The van der Waals surface area contributed by atoms with Crippen molar-refractivity contribution in [2.45, 2.75) is 125 Å². The highest BCUT2D eigenvalue weighted by Gasteiger charge is 2.37. The van der Waals surface area contributed by atoms with Crippen LogP contribution >= 0.6 is 0 Å². The summed E-state index contributed by atoms with van der Waals surface area (Å²) in [6, 6.07) is 10.2. The largest absolute Gasteiger partial charge is 0.488 e. The molecule has 0 bridgehead atoms. The first-order valence-corrected chi connectivity index (χ1v) is 15.7. The summed E-state index contributed by atoms with van der Waals surface area (Å²) in [6.45, 7) is 17.3. The highest BCUT2D eigenvalue weighted by molar-refractivity contribution is 5.96. The van der Waals surface area contributed by atoms with E-state index in [9.17, 15) is 9.59 Å². The van der Waals surface area contributed by atoms with Crippen LogP contribution in [0.5, 0.6) is 11.5 Å². The van der Waals surface area contributed by atoms with Gasteiger partial charge in [0, 0.05) is 12.0 Å². The van der Waals surface area contributed by atoms with E-state index in [0.29, 0.717) is 18.9 Å². The molecule has 0 saturated heterocycles. The summed E-state index contributed by atoms with van der Waals surface area (Å²) in [4.78, 5) is 25.5. The van der Waals surface area contributed by atoms with Crippen LogP contribution in [-0.4, -0.2) is 23.5 Å². The number of hydrogen-bond acceptors (Lipinski definition) is 5. The number of carbonyl (C=O) groups excluding carboxylic acids is 2. The van der Waals surface area contributed by atoms with Crippen molar-refractivity contribution in [1.29, 1.82) is 0 Å². The Kier molecular flexibility index (Phi) is 12.3. The van der Waals surface area contributed by atoms with Crippen LogP contribution in [-0.2, 0) is 27.4 Å². The second-order valence-electron chi connectivity index (χ2n) is 13.0. The number of ether oxygens (including phenoxy) is 3. The first kappa shape index (κ1) is 33.4. The van der Waals surface area contributed by atoms with E-state index in [2.05, 4.69) is 59.8 Å². The minimum absolute atomic E-state index is 0.158. The van der Waals surface area contributed by atoms with E-state index in [1.54, 1.807) is 0 Å². The Bertz CT molecular complexity index is 1230. The highest BCUT2D eigenvalue weighted by Crippen LogP contribution is 2.44. The molecule has 0 fully saturated rings. The Balaban J connectivity index is 1.52. The molecule has 230 valence electrons. The summed E-state index contributed by atoms with van der Waals surface area (Å²) in [5.74, 6) is 2.47. The third-order valence-electron chi connectivity index (χ3n) is 8.44. The number of carbonyl (C=O) groups is 2. The second kappa shape index (κ2) is 15.4. The third kappa shape index (κ3) is 9.74. The zero-order valence-corrected chi connectivity index (χ0v) is 27.2. The summed E-state index contributed by atoms with van der Waals surface area (Å²) in [6.07, 6.45) is 9.76. The van der Waals surface area contributed by atoms with Gasteiger partial charge >= 0.3 is 5.97 Å². The predicted molar refractivity (Wildman–Crippen MR) is 170 cm³/mol. The van der Waals surface area contributed by atoms with Crippen molar-refractivity contribution in [2.75, 3.05) is 0 Å². The topological polar surface area (TPSA) is 61.8 Å². The maximum absolute atomic E-state index is 12.9. The first-order chi connectivity index (χ1) is 19.9. The van der Waals surface area contributed by atoms with Crippen LogP contribution < -0.4 is 9.47 Å². The van der Waals surface area contributed by atoms with Crippen molar-refractivity contribution in [2.24, 2.45) is 11.8 Å². The fourth-order valence-corrected chi connectivity index (χ4v) is 5.78. The number of rotatable bonds is 15. The molecule has 0 N–H and O–H groups in total. The summed E-state index contributed by atoms with van der Waals surface area (Å²) < 4.78 is 18.3. The fraction of sp³-hybridized carbons (Fsp3) is 0.568. The van der Waals surface area contributed by atoms with Crippen molar-refractivity contribution in [3.8, 4) is 11.5 Å². The lowest BCUT2D eigenvalue weighted by atomic mass is 9.84. The molecule has 3 atom stereocenters. The standard InChI is InChI=1S/C37H52O5/c1-25(2)14-12-15-26(3)16-13-17-27(4)41-34(39)22-32(38)23-37(8)21-20-33-30(7)35(28(5)29(6)36(33)42-37)40-24-31-18-10-9-11-19-31/h9-11,13,17-19,25-27H,12,14-16,20-24H2,1-8H3/b17-13+/t26-,27-,37+/m1/s1. The first-order valence-electron chi connectivity index (χ1n) is 15.7. The summed E-state index contributed by atoms with van der Waals surface area (Å²) in [5.41, 5.74) is 4.77. The summed E-state index contributed by atoms with van der Waals surface area (Å²) in [5, 5.41) is 0. The van der Waals surface area contributed by atoms with Crippen molar-refractivity contribution in [3.05, 3.63) is 70.3 Å². The molecule has 1 aliphatic heterocycles. The highest BCUT2D eigenvalue weighted by atomic mass is 16.5. The van der Waals surface area contributed by atoms with E-state index < -0.39 is 11.6 Å². The Morgan fingerprint density at radius 3 is 2.40 bits per heavy atom. The smallest absolute Gasteiger partial charge is 0.313 e. The zero-order chi connectivity index (χ0) is 30.9. The third-order valence-corrected chi connectivity index (χ3v) is 8.44. The average Bonchev–Trinajstić information content (AvgIpc) is 2.91. The fourth-order valence-electron chi connectivity index (χ4n) is 5.78. The van der Waals surface area contributed by atoms with Gasteiger partial charge in [-0.15, -0.1) is 0 Å². The zero-order valence-electron chi connectivity index (χ0n) is 27.2. The van der Waals surface area contributed by atoms with Gasteiger partial charge in [-0.2, -0.15) is 0 Å². The van der Waals surface area contributed by atoms with Crippen molar-refractivity contribution in [3.63, 3.8) is 0 Å². The summed E-state index contributed by atoms with van der Waals surface area (Å²) in [7, 11) is 0. The Morgan fingerprint density at radius 1 is 1.00 bits per heavy atom. The Hall–Kier alpha value is -3.08. The molecule has 5 heteroatoms. The minimum Gasteiger partial charge on any atom is -0.488 e. The molecule has 0 aliphatic carbocycles. The van der Waals surface area contributed by atoms with Crippen molar-refractivity contribution >= 4 is 11.8 Å². The number of benzene rings is 2. The molecule has 1 heterocycles. The van der Waals surface area contributed by atoms with Crippen LogP contribution in [0, 0.1) is 32.6 Å². The van der Waals surface area contributed by atoms with Crippen LogP contribution in [0.3, 0.4) is 0 Å². The molecule has 0 unspecified atom stereocenters.